The Bertz CT molecular complexity index is 500. The third kappa shape index (κ3) is 3.78. The van der Waals surface area contributed by atoms with E-state index in [0.29, 0.717) is 19.0 Å². The highest BCUT2D eigenvalue weighted by atomic mass is 16.6. The minimum Gasteiger partial charge on any atom is -0.486 e. The van der Waals surface area contributed by atoms with Crippen LogP contribution in [-0.2, 0) is 11.3 Å². The summed E-state index contributed by atoms with van der Waals surface area (Å²) in [6, 6.07) is 5.79. The summed E-state index contributed by atoms with van der Waals surface area (Å²) in [5.41, 5.74) is 0.889. The molecule has 0 aliphatic carbocycles. The fourth-order valence-corrected chi connectivity index (χ4v) is 2.50. The standard InChI is InChI=1S/C15H20N2O4/c18-15(17-12-3-5-16-6-4-12)21-10-11-1-2-13-14(9-11)20-8-7-19-13/h1-2,9,12,16H,3-8,10H2,(H,17,18). The molecule has 0 atom stereocenters. The van der Waals surface area contributed by atoms with Crippen LogP contribution in [0.1, 0.15) is 18.4 Å². The monoisotopic (exact) mass is 292 g/mol. The lowest BCUT2D eigenvalue weighted by molar-refractivity contribution is 0.133. The summed E-state index contributed by atoms with van der Waals surface area (Å²) >= 11 is 0. The zero-order valence-corrected chi connectivity index (χ0v) is 11.9. The van der Waals surface area contributed by atoms with Crippen molar-refractivity contribution < 1.29 is 19.0 Å². The Kier molecular flexibility index (Phi) is 4.45. The molecule has 1 fully saturated rings. The van der Waals surface area contributed by atoms with E-state index in [4.69, 9.17) is 14.2 Å². The van der Waals surface area contributed by atoms with Crippen molar-refractivity contribution in [2.24, 2.45) is 0 Å². The first-order valence-electron chi connectivity index (χ1n) is 7.34. The first-order valence-corrected chi connectivity index (χ1v) is 7.34. The van der Waals surface area contributed by atoms with Crippen molar-refractivity contribution in [1.29, 1.82) is 0 Å². The van der Waals surface area contributed by atoms with E-state index in [0.717, 1.165) is 37.2 Å². The SMILES string of the molecule is O=C(NC1CCNCC1)OCc1ccc2c(c1)OCCO2. The number of piperidine rings is 1. The van der Waals surface area contributed by atoms with Crippen LogP contribution in [0.4, 0.5) is 4.79 Å². The molecular weight excluding hydrogens is 272 g/mol. The largest absolute Gasteiger partial charge is 0.486 e. The lowest BCUT2D eigenvalue weighted by atomic mass is 10.1. The Morgan fingerprint density at radius 2 is 2.00 bits per heavy atom. The van der Waals surface area contributed by atoms with E-state index in [1.165, 1.54) is 0 Å². The zero-order valence-electron chi connectivity index (χ0n) is 11.9. The second kappa shape index (κ2) is 6.67. The molecular formula is C15H20N2O4. The zero-order chi connectivity index (χ0) is 14.5. The highest BCUT2D eigenvalue weighted by molar-refractivity contribution is 5.67. The number of carbonyl (C=O) groups is 1. The Morgan fingerprint density at radius 1 is 1.24 bits per heavy atom. The van der Waals surface area contributed by atoms with Gasteiger partial charge >= 0.3 is 6.09 Å². The van der Waals surface area contributed by atoms with Gasteiger partial charge in [-0.15, -0.1) is 0 Å². The molecule has 114 valence electrons. The smallest absolute Gasteiger partial charge is 0.407 e. The molecule has 2 aliphatic rings. The summed E-state index contributed by atoms with van der Waals surface area (Å²) < 4.78 is 16.2. The summed E-state index contributed by atoms with van der Waals surface area (Å²) in [5, 5.41) is 6.15. The normalized spacial score (nSPS) is 18.1. The molecule has 2 heterocycles. The van der Waals surface area contributed by atoms with E-state index in [1.807, 2.05) is 18.2 Å². The first-order chi connectivity index (χ1) is 10.3. The molecule has 1 amide bonds. The summed E-state index contributed by atoms with van der Waals surface area (Å²) in [6.07, 6.45) is 1.52. The van der Waals surface area contributed by atoms with Crippen LogP contribution in [-0.4, -0.2) is 38.4 Å². The maximum absolute atomic E-state index is 11.8. The molecule has 6 nitrogen and oxygen atoms in total. The fourth-order valence-electron chi connectivity index (χ4n) is 2.50. The van der Waals surface area contributed by atoms with Crippen molar-refractivity contribution in [2.45, 2.75) is 25.5 Å². The van der Waals surface area contributed by atoms with Gasteiger partial charge < -0.3 is 24.8 Å². The molecule has 0 spiro atoms. The van der Waals surface area contributed by atoms with Gasteiger partial charge in [-0.1, -0.05) is 6.07 Å². The van der Waals surface area contributed by atoms with Gasteiger partial charge in [0.2, 0.25) is 0 Å². The van der Waals surface area contributed by atoms with Crippen LogP contribution in [0.25, 0.3) is 0 Å². The number of carbonyl (C=O) groups excluding carboxylic acids is 1. The molecule has 0 unspecified atom stereocenters. The maximum atomic E-state index is 11.8. The predicted molar refractivity (Wildman–Crippen MR) is 76.6 cm³/mol. The third-order valence-electron chi connectivity index (χ3n) is 3.64. The van der Waals surface area contributed by atoms with Gasteiger partial charge in [-0.05, 0) is 43.6 Å². The number of alkyl carbamates (subject to hydrolysis) is 1. The molecule has 0 aromatic heterocycles. The summed E-state index contributed by atoms with van der Waals surface area (Å²) in [6.45, 7) is 3.22. The molecule has 2 aliphatic heterocycles. The van der Waals surface area contributed by atoms with Crippen molar-refractivity contribution in [3.8, 4) is 11.5 Å². The van der Waals surface area contributed by atoms with Gasteiger partial charge in [0, 0.05) is 6.04 Å². The van der Waals surface area contributed by atoms with Crippen LogP contribution in [0.5, 0.6) is 11.5 Å². The molecule has 2 N–H and O–H groups in total. The molecule has 21 heavy (non-hydrogen) atoms. The Morgan fingerprint density at radius 3 is 2.81 bits per heavy atom. The maximum Gasteiger partial charge on any atom is 0.407 e. The molecule has 1 aromatic carbocycles. The van der Waals surface area contributed by atoms with E-state index in [1.54, 1.807) is 0 Å². The number of nitrogens with one attached hydrogen (secondary N) is 2. The van der Waals surface area contributed by atoms with Crippen LogP contribution >= 0.6 is 0 Å². The van der Waals surface area contributed by atoms with Crippen LogP contribution in [0, 0.1) is 0 Å². The first kappa shape index (κ1) is 14.0. The summed E-state index contributed by atoms with van der Waals surface area (Å²) in [5.74, 6) is 1.45. The van der Waals surface area contributed by atoms with Crippen molar-refractivity contribution in [2.75, 3.05) is 26.3 Å². The van der Waals surface area contributed by atoms with Gasteiger partial charge in [0.25, 0.3) is 0 Å². The highest BCUT2D eigenvalue weighted by Crippen LogP contribution is 2.30. The van der Waals surface area contributed by atoms with E-state index >= 15 is 0 Å². The number of amides is 1. The van der Waals surface area contributed by atoms with Crippen molar-refractivity contribution >= 4 is 6.09 Å². The van der Waals surface area contributed by atoms with Gasteiger partial charge in [0.1, 0.15) is 19.8 Å². The summed E-state index contributed by atoms with van der Waals surface area (Å²) in [7, 11) is 0. The lowest BCUT2D eigenvalue weighted by Crippen LogP contribution is -2.42. The summed E-state index contributed by atoms with van der Waals surface area (Å²) in [4.78, 5) is 11.8. The van der Waals surface area contributed by atoms with Crippen molar-refractivity contribution in [3.63, 3.8) is 0 Å². The van der Waals surface area contributed by atoms with Gasteiger partial charge in [0.05, 0.1) is 0 Å². The van der Waals surface area contributed by atoms with Crippen LogP contribution < -0.4 is 20.1 Å². The molecule has 0 saturated carbocycles. The third-order valence-corrected chi connectivity index (χ3v) is 3.64. The Balaban J connectivity index is 1.49. The van der Waals surface area contributed by atoms with Gasteiger partial charge in [-0.3, -0.25) is 0 Å². The molecule has 0 bridgehead atoms. The van der Waals surface area contributed by atoms with E-state index in [-0.39, 0.29) is 18.7 Å². The Hall–Kier alpha value is -1.95. The topological polar surface area (TPSA) is 68.8 Å². The number of hydrogen-bond donors (Lipinski definition) is 2. The van der Waals surface area contributed by atoms with Gasteiger partial charge in [-0.2, -0.15) is 0 Å². The number of hydrogen-bond acceptors (Lipinski definition) is 5. The second-order valence-corrected chi connectivity index (χ2v) is 5.22. The average molecular weight is 292 g/mol. The molecule has 0 radical (unpaired) electrons. The van der Waals surface area contributed by atoms with E-state index in [2.05, 4.69) is 10.6 Å². The molecule has 1 saturated heterocycles. The molecule has 3 rings (SSSR count). The molecule has 1 aromatic rings. The highest BCUT2D eigenvalue weighted by Gasteiger charge is 2.16. The number of fused-ring (bicyclic) bond motifs is 1. The van der Waals surface area contributed by atoms with Gasteiger partial charge in [-0.25, -0.2) is 4.79 Å². The lowest BCUT2D eigenvalue weighted by Gasteiger charge is -2.23. The van der Waals surface area contributed by atoms with Crippen molar-refractivity contribution in [1.82, 2.24) is 10.6 Å². The number of ether oxygens (including phenoxy) is 3. The minimum atomic E-state index is -0.364. The Labute approximate surface area is 123 Å². The second-order valence-electron chi connectivity index (χ2n) is 5.22. The predicted octanol–water partition coefficient (Wildman–Crippen LogP) is 1.44. The van der Waals surface area contributed by atoms with Gasteiger partial charge in [0.15, 0.2) is 11.5 Å². The van der Waals surface area contributed by atoms with Crippen LogP contribution in [0.2, 0.25) is 0 Å². The fraction of sp³-hybridized carbons (Fsp3) is 0.533. The number of benzene rings is 1. The van der Waals surface area contributed by atoms with Crippen LogP contribution in [0.3, 0.4) is 0 Å². The van der Waals surface area contributed by atoms with E-state index < -0.39 is 0 Å². The minimum absolute atomic E-state index is 0.207. The van der Waals surface area contributed by atoms with E-state index in [9.17, 15) is 4.79 Å². The average Bonchev–Trinajstić information content (AvgIpc) is 2.54. The quantitative estimate of drug-likeness (QED) is 0.882. The van der Waals surface area contributed by atoms with Crippen LogP contribution in [0.15, 0.2) is 18.2 Å². The van der Waals surface area contributed by atoms with Crippen molar-refractivity contribution in [3.05, 3.63) is 23.8 Å². The molecule has 6 heteroatoms. The number of rotatable bonds is 3.